The zero-order chi connectivity index (χ0) is 19.3. The van der Waals surface area contributed by atoms with E-state index in [4.69, 9.17) is 9.47 Å². The Labute approximate surface area is 164 Å². The van der Waals surface area contributed by atoms with E-state index in [1.165, 1.54) is 6.42 Å². The van der Waals surface area contributed by atoms with Crippen LogP contribution in [0.25, 0.3) is 0 Å². The second kappa shape index (κ2) is 8.33. The van der Waals surface area contributed by atoms with Crippen molar-refractivity contribution in [3.8, 4) is 11.5 Å². The number of carbonyl (C=O) groups is 2. The maximum atomic E-state index is 12.6. The maximum Gasteiger partial charge on any atom is 0.253 e. The molecule has 6 nitrogen and oxygen atoms in total. The smallest absolute Gasteiger partial charge is 0.253 e. The van der Waals surface area contributed by atoms with Crippen molar-refractivity contribution in [2.24, 2.45) is 0 Å². The van der Waals surface area contributed by atoms with Crippen molar-refractivity contribution in [1.29, 1.82) is 0 Å². The van der Waals surface area contributed by atoms with Gasteiger partial charge in [-0.1, -0.05) is 12.1 Å². The van der Waals surface area contributed by atoms with Gasteiger partial charge in [-0.25, -0.2) is 0 Å². The first-order valence-electron chi connectivity index (χ1n) is 9.77. The van der Waals surface area contributed by atoms with Gasteiger partial charge < -0.3 is 19.7 Å². The lowest BCUT2D eigenvalue weighted by Crippen LogP contribution is -2.35. The molecular weight excluding hydrogens is 356 g/mol. The van der Waals surface area contributed by atoms with Crippen LogP contribution in [0.4, 0.5) is 5.69 Å². The normalized spacial score (nSPS) is 15.4. The number of piperidine rings is 1. The molecule has 28 heavy (non-hydrogen) atoms. The summed E-state index contributed by atoms with van der Waals surface area (Å²) in [5.74, 6) is 1.42. The van der Waals surface area contributed by atoms with E-state index in [9.17, 15) is 9.59 Å². The molecule has 146 valence electrons. The molecule has 0 aliphatic carbocycles. The molecule has 4 rings (SSSR count). The van der Waals surface area contributed by atoms with Crippen LogP contribution in [0.5, 0.6) is 11.5 Å². The first-order chi connectivity index (χ1) is 13.7. The third kappa shape index (κ3) is 4.27. The number of anilines is 1. The molecule has 0 atom stereocenters. The van der Waals surface area contributed by atoms with Gasteiger partial charge in [0.05, 0.1) is 0 Å². The van der Waals surface area contributed by atoms with Crippen molar-refractivity contribution in [2.45, 2.75) is 32.1 Å². The van der Waals surface area contributed by atoms with Crippen LogP contribution in [-0.2, 0) is 11.2 Å². The van der Waals surface area contributed by atoms with Crippen LogP contribution in [0.15, 0.2) is 42.5 Å². The number of fused-ring (bicyclic) bond motifs is 1. The average Bonchev–Trinajstić information content (AvgIpc) is 3.20. The first-order valence-corrected chi connectivity index (χ1v) is 9.77. The van der Waals surface area contributed by atoms with Crippen LogP contribution in [0, 0.1) is 0 Å². The van der Waals surface area contributed by atoms with Crippen LogP contribution < -0.4 is 14.8 Å². The zero-order valence-electron chi connectivity index (χ0n) is 15.8. The number of hydrogen-bond donors (Lipinski definition) is 1. The van der Waals surface area contributed by atoms with E-state index >= 15 is 0 Å². The lowest BCUT2D eigenvalue weighted by atomic mass is 10.1. The van der Waals surface area contributed by atoms with Gasteiger partial charge in [-0.3, -0.25) is 9.59 Å². The predicted molar refractivity (Wildman–Crippen MR) is 106 cm³/mol. The number of amides is 2. The highest BCUT2D eigenvalue weighted by Gasteiger charge is 2.18. The molecule has 0 unspecified atom stereocenters. The molecule has 2 aromatic rings. The third-order valence-electron chi connectivity index (χ3n) is 5.11. The summed E-state index contributed by atoms with van der Waals surface area (Å²) in [5, 5.41) is 2.90. The van der Waals surface area contributed by atoms with Crippen LogP contribution in [0.3, 0.4) is 0 Å². The Morgan fingerprint density at radius 3 is 2.64 bits per heavy atom. The molecule has 2 aliphatic heterocycles. The summed E-state index contributed by atoms with van der Waals surface area (Å²) in [6.45, 7) is 1.86. The van der Waals surface area contributed by atoms with E-state index in [1.807, 2.05) is 35.2 Å². The van der Waals surface area contributed by atoms with E-state index in [0.717, 1.165) is 43.0 Å². The largest absolute Gasteiger partial charge is 0.454 e. The van der Waals surface area contributed by atoms with Crippen molar-refractivity contribution < 1.29 is 19.1 Å². The Balaban J connectivity index is 1.33. The molecule has 1 N–H and O–H groups in total. The molecular formula is C22H24N2O4. The van der Waals surface area contributed by atoms with Gasteiger partial charge in [0.1, 0.15) is 0 Å². The van der Waals surface area contributed by atoms with E-state index in [1.54, 1.807) is 12.1 Å². The molecule has 1 saturated heterocycles. The summed E-state index contributed by atoms with van der Waals surface area (Å²) in [5.41, 5.74) is 2.29. The fourth-order valence-corrected chi connectivity index (χ4v) is 3.59. The first kappa shape index (κ1) is 18.3. The fraction of sp³-hybridized carbons (Fsp3) is 0.364. The summed E-state index contributed by atoms with van der Waals surface area (Å²) >= 11 is 0. The molecule has 2 heterocycles. The number of ether oxygens (including phenoxy) is 2. The minimum atomic E-state index is -0.0831. The summed E-state index contributed by atoms with van der Waals surface area (Å²) in [6.07, 6.45) is 4.26. The van der Waals surface area contributed by atoms with Gasteiger partial charge in [-0.2, -0.15) is 0 Å². The molecule has 2 aliphatic rings. The van der Waals surface area contributed by atoms with Gasteiger partial charge >= 0.3 is 0 Å². The Hall–Kier alpha value is -3.02. The fourth-order valence-electron chi connectivity index (χ4n) is 3.59. The van der Waals surface area contributed by atoms with Gasteiger partial charge in [-0.15, -0.1) is 0 Å². The van der Waals surface area contributed by atoms with E-state index in [-0.39, 0.29) is 18.6 Å². The van der Waals surface area contributed by atoms with Crippen molar-refractivity contribution in [3.63, 3.8) is 0 Å². The molecule has 0 radical (unpaired) electrons. The van der Waals surface area contributed by atoms with Gasteiger partial charge in [0.15, 0.2) is 11.5 Å². The summed E-state index contributed by atoms with van der Waals surface area (Å²) in [4.78, 5) is 26.9. The molecule has 2 aromatic carbocycles. The summed E-state index contributed by atoms with van der Waals surface area (Å²) in [7, 11) is 0. The molecule has 1 fully saturated rings. The Bertz CT molecular complexity index is 875. The highest BCUT2D eigenvalue weighted by atomic mass is 16.7. The standard InChI is InChI=1S/C22H24N2O4/c25-21(10-8-16-7-9-19-20(13-16)28-15-27-19)23-18-6-4-5-17(14-18)22(26)24-11-2-1-3-12-24/h4-7,9,13-14H,1-3,8,10-12,15H2,(H,23,25). The monoisotopic (exact) mass is 380 g/mol. The van der Waals surface area contributed by atoms with E-state index in [0.29, 0.717) is 24.1 Å². The minimum Gasteiger partial charge on any atom is -0.454 e. The Morgan fingerprint density at radius 1 is 0.964 bits per heavy atom. The number of benzene rings is 2. The molecule has 2 amide bonds. The van der Waals surface area contributed by atoms with E-state index < -0.39 is 0 Å². The van der Waals surface area contributed by atoms with Gasteiger partial charge in [0.25, 0.3) is 5.91 Å². The van der Waals surface area contributed by atoms with Crippen molar-refractivity contribution in [1.82, 2.24) is 4.90 Å². The minimum absolute atomic E-state index is 0.0381. The maximum absolute atomic E-state index is 12.6. The molecule has 0 bridgehead atoms. The highest BCUT2D eigenvalue weighted by molar-refractivity contribution is 5.97. The second-order valence-electron chi connectivity index (χ2n) is 7.17. The quantitative estimate of drug-likeness (QED) is 0.860. The highest BCUT2D eigenvalue weighted by Crippen LogP contribution is 2.32. The van der Waals surface area contributed by atoms with Crippen LogP contribution in [0.2, 0.25) is 0 Å². The summed E-state index contributed by atoms with van der Waals surface area (Å²) in [6, 6.07) is 12.9. The SMILES string of the molecule is O=C(CCc1ccc2c(c1)OCO2)Nc1cccc(C(=O)N2CCCCC2)c1. The molecule has 0 saturated carbocycles. The van der Waals surface area contributed by atoms with Crippen molar-refractivity contribution in [2.75, 3.05) is 25.2 Å². The predicted octanol–water partition coefficient (Wildman–Crippen LogP) is 3.61. The van der Waals surface area contributed by atoms with Crippen LogP contribution in [-0.4, -0.2) is 36.6 Å². The molecule has 0 aromatic heterocycles. The van der Waals surface area contributed by atoms with Crippen molar-refractivity contribution >= 4 is 17.5 Å². The Morgan fingerprint density at radius 2 is 1.79 bits per heavy atom. The number of likely N-dealkylation sites (tertiary alicyclic amines) is 1. The number of hydrogen-bond acceptors (Lipinski definition) is 4. The lowest BCUT2D eigenvalue weighted by Gasteiger charge is -2.26. The number of aryl methyl sites for hydroxylation is 1. The van der Waals surface area contributed by atoms with Crippen molar-refractivity contribution in [3.05, 3.63) is 53.6 Å². The number of nitrogens with one attached hydrogen (secondary N) is 1. The Kier molecular flexibility index (Phi) is 5.46. The van der Waals surface area contributed by atoms with Gasteiger partial charge in [0.2, 0.25) is 12.7 Å². The van der Waals surface area contributed by atoms with E-state index in [2.05, 4.69) is 5.32 Å². The summed E-state index contributed by atoms with van der Waals surface area (Å²) < 4.78 is 10.7. The molecule has 6 heteroatoms. The number of carbonyl (C=O) groups excluding carboxylic acids is 2. The zero-order valence-corrected chi connectivity index (χ0v) is 15.8. The topological polar surface area (TPSA) is 67.9 Å². The number of rotatable bonds is 5. The van der Waals surface area contributed by atoms with Crippen LogP contribution >= 0.6 is 0 Å². The molecule has 0 spiro atoms. The number of nitrogens with zero attached hydrogens (tertiary/aromatic N) is 1. The average molecular weight is 380 g/mol. The lowest BCUT2D eigenvalue weighted by molar-refractivity contribution is -0.116. The van der Waals surface area contributed by atoms with Crippen LogP contribution in [0.1, 0.15) is 41.6 Å². The van der Waals surface area contributed by atoms with Gasteiger partial charge in [0, 0.05) is 30.8 Å². The third-order valence-corrected chi connectivity index (χ3v) is 5.11. The second-order valence-corrected chi connectivity index (χ2v) is 7.17. The van der Waals surface area contributed by atoms with Gasteiger partial charge in [-0.05, 0) is 61.6 Å².